The number of benzene rings is 1. The Hall–Kier alpha value is -1.88. The van der Waals surface area contributed by atoms with Gasteiger partial charge in [0.25, 0.3) is 0 Å². The summed E-state index contributed by atoms with van der Waals surface area (Å²) in [4.78, 5) is 23.9. The van der Waals surface area contributed by atoms with E-state index in [0.717, 1.165) is 0 Å². The molecule has 0 unspecified atom stereocenters. The van der Waals surface area contributed by atoms with Gasteiger partial charge in [-0.3, -0.25) is 4.79 Å². The topological polar surface area (TPSA) is 78.6 Å². The van der Waals surface area contributed by atoms with Gasteiger partial charge in [0, 0.05) is 0 Å². The van der Waals surface area contributed by atoms with Crippen LogP contribution < -0.4 is 5.73 Å². The van der Waals surface area contributed by atoms with E-state index in [4.69, 9.17) is 15.2 Å². The van der Waals surface area contributed by atoms with Crippen molar-refractivity contribution in [1.29, 1.82) is 0 Å². The third-order valence-electron chi connectivity index (χ3n) is 2.68. The first-order valence-electron chi connectivity index (χ1n) is 6.34. The fourth-order valence-corrected chi connectivity index (χ4v) is 1.82. The van der Waals surface area contributed by atoms with Crippen molar-refractivity contribution in [2.75, 3.05) is 7.11 Å². The zero-order valence-corrected chi connectivity index (χ0v) is 12.3. The molecular formula is C15H21NO4. The molecule has 0 heterocycles. The Balaban J connectivity index is 3.02. The van der Waals surface area contributed by atoms with E-state index in [1.807, 2.05) is 0 Å². The van der Waals surface area contributed by atoms with Gasteiger partial charge in [-0.05, 0) is 26.3 Å². The van der Waals surface area contributed by atoms with Gasteiger partial charge in [0.05, 0.1) is 13.5 Å². The molecule has 0 aliphatic carbocycles. The zero-order chi connectivity index (χ0) is 15.4. The molecule has 0 spiro atoms. The maximum absolute atomic E-state index is 12.0. The minimum absolute atomic E-state index is 0.277. The summed E-state index contributed by atoms with van der Waals surface area (Å²) in [5.41, 5.74) is 4.45. The largest absolute Gasteiger partial charge is 0.467 e. The van der Waals surface area contributed by atoms with Gasteiger partial charge in [0.1, 0.15) is 5.60 Å². The molecule has 0 aliphatic heterocycles. The van der Waals surface area contributed by atoms with Crippen LogP contribution in [0.15, 0.2) is 30.3 Å². The highest BCUT2D eigenvalue weighted by atomic mass is 16.6. The Bertz CT molecular complexity index is 478. The second kappa shape index (κ2) is 6.05. The first kappa shape index (κ1) is 16.2. The molecule has 1 aromatic carbocycles. The van der Waals surface area contributed by atoms with Crippen LogP contribution in [-0.2, 0) is 24.6 Å². The molecule has 110 valence electrons. The van der Waals surface area contributed by atoms with Crippen LogP contribution in [-0.4, -0.2) is 24.6 Å². The molecule has 1 aromatic rings. The summed E-state index contributed by atoms with van der Waals surface area (Å²) in [5, 5.41) is 0. The van der Waals surface area contributed by atoms with Crippen molar-refractivity contribution in [3.8, 4) is 0 Å². The highest BCUT2D eigenvalue weighted by molar-refractivity contribution is 5.88. The minimum Gasteiger partial charge on any atom is -0.467 e. The molecule has 0 fully saturated rings. The van der Waals surface area contributed by atoms with Crippen molar-refractivity contribution in [3.05, 3.63) is 35.9 Å². The van der Waals surface area contributed by atoms with Gasteiger partial charge >= 0.3 is 11.9 Å². The summed E-state index contributed by atoms with van der Waals surface area (Å²) in [6.07, 6.45) is -0.277. The molecule has 0 aromatic heterocycles. The molecule has 0 radical (unpaired) electrons. The van der Waals surface area contributed by atoms with Crippen molar-refractivity contribution >= 4 is 11.9 Å². The molecular weight excluding hydrogens is 258 g/mol. The van der Waals surface area contributed by atoms with E-state index in [-0.39, 0.29) is 6.42 Å². The number of hydrogen-bond acceptors (Lipinski definition) is 5. The van der Waals surface area contributed by atoms with Crippen LogP contribution in [0.3, 0.4) is 0 Å². The van der Waals surface area contributed by atoms with Gasteiger partial charge < -0.3 is 15.2 Å². The lowest BCUT2D eigenvalue weighted by molar-refractivity contribution is -0.162. The lowest BCUT2D eigenvalue weighted by atomic mass is 9.87. The van der Waals surface area contributed by atoms with Gasteiger partial charge in [-0.25, -0.2) is 4.79 Å². The zero-order valence-electron chi connectivity index (χ0n) is 12.3. The van der Waals surface area contributed by atoms with E-state index in [9.17, 15) is 9.59 Å². The van der Waals surface area contributed by atoms with E-state index in [1.54, 1.807) is 51.1 Å². The van der Waals surface area contributed by atoms with Crippen molar-refractivity contribution in [3.63, 3.8) is 0 Å². The Morgan fingerprint density at radius 1 is 1.15 bits per heavy atom. The highest BCUT2D eigenvalue weighted by Gasteiger charge is 2.40. The molecule has 0 saturated heterocycles. The van der Waals surface area contributed by atoms with Gasteiger partial charge in [-0.2, -0.15) is 0 Å². The molecule has 0 saturated carbocycles. The van der Waals surface area contributed by atoms with Crippen LogP contribution >= 0.6 is 0 Å². The summed E-state index contributed by atoms with van der Waals surface area (Å²) >= 11 is 0. The predicted octanol–water partition coefficient (Wildman–Crippen LogP) is 1.75. The smallest absolute Gasteiger partial charge is 0.331 e. The third-order valence-corrected chi connectivity index (χ3v) is 2.68. The van der Waals surface area contributed by atoms with Crippen molar-refractivity contribution in [2.24, 2.45) is 5.73 Å². The molecule has 0 amide bonds. The van der Waals surface area contributed by atoms with E-state index in [0.29, 0.717) is 5.56 Å². The molecule has 20 heavy (non-hydrogen) atoms. The summed E-state index contributed by atoms with van der Waals surface area (Å²) < 4.78 is 9.95. The number of carbonyl (C=O) groups is 2. The lowest BCUT2D eigenvalue weighted by Gasteiger charge is -2.28. The molecule has 1 atom stereocenters. The molecule has 0 bridgehead atoms. The Morgan fingerprint density at radius 3 is 2.15 bits per heavy atom. The standard InChI is InChI=1S/C15H21NO4/c1-14(2,3)20-12(17)10-15(16,13(18)19-4)11-8-6-5-7-9-11/h5-9H,10,16H2,1-4H3/t15-/m0/s1. The number of ether oxygens (including phenoxy) is 2. The fourth-order valence-electron chi connectivity index (χ4n) is 1.82. The van der Waals surface area contributed by atoms with Crippen LogP contribution in [0.25, 0.3) is 0 Å². The quantitative estimate of drug-likeness (QED) is 0.849. The first-order chi connectivity index (χ1) is 9.19. The maximum Gasteiger partial charge on any atom is 0.331 e. The first-order valence-corrected chi connectivity index (χ1v) is 6.34. The third kappa shape index (κ3) is 4.06. The van der Waals surface area contributed by atoms with Crippen LogP contribution in [0, 0.1) is 0 Å². The number of methoxy groups -OCH3 is 1. The Morgan fingerprint density at radius 2 is 1.70 bits per heavy atom. The van der Waals surface area contributed by atoms with E-state index >= 15 is 0 Å². The molecule has 0 aliphatic rings. The van der Waals surface area contributed by atoms with Gasteiger partial charge in [-0.1, -0.05) is 30.3 Å². The van der Waals surface area contributed by atoms with Crippen LogP contribution in [0.4, 0.5) is 0 Å². The number of carbonyl (C=O) groups excluding carboxylic acids is 2. The number of esters is 2. The Labute approximate surface area is 119 Å². The number of rotatable bonds is 4. The van der Waals surface area contributed by atoms with E-state index < -0.39 is 23.1 Å². The average Bonchev–Trinajstić information content (AvgIpc) is 2.36. The van der Waals surface area contributed by atoms with Crippen molar-refractivity contribution in [2.45, 2.75) is 38.3 Å². The maximum atomic E-state index is 12.0. The second-order valence-electron chi connectivity index (χ2n) is 5.59. The summed E-state index contributed by atoms with van der Waals surface area (Å²) in [5.74, 6) is -1.22. The lowest BCUT2D eigenvalue weighted by Crippen LogP contribution is -2.48. The monoisotopic (exact) mass is 279 g/mol. The summed E-state index contributed by atoms with van der Waals surface area (Å²) in [6.45, 7) is 5.26. The van der Waals surface area contributed by atoms with Crippen molar-refractivity contribution in [1.82, 2.24) is 0 Å². The second-order valence-corrected chi connectivity index (χ2v) is 5.59. The molecule has 5 heteroatoms. The summed E-state index contributed by atoms with van der Waals surface area (Å²) in [7, 11) is 1.24. The molecule has 2 N–H and O–H groups in total. The number of hydrogen-bond donors (Lipinski definition) is 1. The average molecular weight is 279 g/mol. The minimum atomic E-state index is -1.54. The fraction of sp³-hybridized carbons (Fsp3) is 0.467. The van der Waals surface area contributed by atoms with Crippen LogP contribution in [0.1, 0.15) is 32.8 Å². The van der Waals surface area contributed by atoms with Gasteiger partial charge in [0.2, 0.25) is 0 Å². The van der Waals surface area contributed by atoms with Gasteiger partial charge in [0.15, 0.2) is 5.54 Å². The predicted molar refractivity (Wildman–Crippen MR) is 74.8 cm³/mol. The molecule has 5 nitrogen and oxygen atoms in total. The van der Waals surface area contributed by atoms with Crippen LogP contribution in [0.5, 0.6) is 0 Å². The van der Waals surface area contributed by atoms with Crippen LogP contribution in [0.2, 0.25) is 0 Å². The van der Waals surface area contributed by atoms with Crippen molar-refractivity contribution < 1.29 is 19.1 Å². The molecule has 1 rings (SSSR count). The SMILES string of the molecule is COC(=O)[C@](N)(CC(=O)OC(C)(C)C)c1ccccc1. The van der Waals surface area contributed by atoms with E-state index in [2.05, 4.69) is 0 Å². The Kier molecular flexibility index (Phi) is 4.89. The number of nitrogens with two attached hydrogens (primary N) is 1. The summed E-state index contributed by atoms with van der Waals surface area (Å²) in [6, 6.07) is 8.65. The van der Waals surface area contributed by atoms with Gasteiger partial charge in [-0.15, -0.1) is 0 Å². The van der Waals surface area contributed by atoms with E-state index in [1.165, 1.54) is 7.11 Å². The normalized spacial score (nSPS) is 14.2. The highest BCUT2D eigenvalue weighted by Crippen LogP contribution is 2.25.